The highest BCUT2D eigenvalue weighted by atomic mass is 35.5. The Hall–Kier alpha value is -0.870. The van der Waals surface area contributed by atoms with Gasteiger partial charge in [0.05, 0.1) is 5.39 Å². The van der Waals surface area contributed by atoms with Crippen LogP contribution in [0.5, 0.6) is 0 Å². The Labute approximate surface area is 128 Å². The van der Waals surface area contributed by atoms with E-state index in [1.54, 1.807) is 11.3 Å². The summed E-state index contributed by atoms with van der Waals surface area (Å²) in [6.45, 7) is 1.11. The Morgan fingerprint density at radius 2 is 2.00 bits per heavy atom. The molecule has 1 unspecified atom stereocenters. The molecule has 1 saturated heterocycles. The SMILES string of the molecule is Clc1nc(N2CCCC2C2CCCC2)c2ccsc2n1. The normalized spacial score (nSPS) is 24.1. The first kappa shape index (κ1) is 12.8. The molecule has 20 heavy (non-hydrogen) atoms. The van der Waals surface area contributed by atoms with Crippen molar-refractivity contribution >= 4 is 39.0 Å². The number of hydrogen-bond acceptors (Lipinski definition) is 4. The molecule has 2 aromatic rings. The molecule has 1 aliphatic carbocycles. The summed E-state index contributed by atoms with van der Waals surface area (Å²) in [4.78, 5) is 12.4. The van der Waals surface area contributed by atoms with E-state index >= 15 is 0 Å². The highest BCUT2D eigenvalue weighted by Crippen LogP contribution is 2.39. The Morgan fingerprint density at radius 1 is 1.15 bits per heavy atom. The Bertz CT molecular complexity index is 621. The topological polar surface area (TPSA) is 29.0 Å². The molecule has 1 aliphatic heterocycles. The molecular weight excluding hydrogens is 290 g/mol. The van der Waals surface area contributed by atoms with Crippen LogP contribution in [-0.4, -0.2) is 22.6 Å². The van der Waals surface area contributed by atoms with E-state index in [0.29, 0.717) is 11.3 Å². The van der Waals surface area contributed by atoms with E-state index in [4.69, 9.17) is 11.6 Å². The maximum absolute atomic E-state index is 6.12. The zero-order chi connectivity index (χ0) is 13.5. The van der Waals surface area contributed by atoms with Gasteiger partial charge in [0.2, 0.25) is 5.28 Å². The number of fused-ring (bicyclic) bond motifs is 1. The molecule has 2 aromatic heterocycles. The summed E-state index contributed by atoms with van der Waals surface area (Å²) in [5.41, 5.74) is 0. The molecule has 2 fully saturated rings. The highest BCUT2D eigenvalue weighted by Gasteiger charge is 2.35. The lowest BCUT2D eigenvalue weighted by Crippen LogP contribution is -2.35. The predicted octanol–water partition coefficient (Wildman–Crippen LogP) is 4.50. The van der Waals surface area contributed by atoms with E-state index in [0.717, 1.165) is 23.1 Å². The molecule has 3 nitrogen and oxygen atoms in total. The van der Waals surface area contributed by atoms with Gasteiger partial charge in [-0.3, -0.25) is 0 Å². The Balaban J connectivity index is 1.75. The number of anilines is 1. The maximum Gasteiger partial charge on any atom is 0.225 e. The standard InChI is InChI=1S/C15H18ClN3S/c16-15-17-13(11-7-9-20-14(11)18-15)19-8-3-6-12(19)10-4-1-2-5-10/h7,9-10,12H,1-6,8H2. The van der Waals surface area contributed by atoms with E-state index < -0.39 is 0 Å². The highest BCUT2D eigenvalue weighted by molar-refractivity contribution is 7.16. The second kappa shape index (κ2) is 5.15. The molecule has 0 bridgehead atoms. The van der Waals surface area contributed by atoms with Crippen molar-refractivity contribution in [3.8, 4) is 0 Å². The number of aromatic nitrogens is 2. The number of halogens is 1. The van der Waals surface area contributed by atoms with Crippen molar-refractivity contribution in [2.24, 2.45) is 5.92 Å². The van der Waals surface area contributed by atoms with Crippen LogP contribution in [0, 0.1) is 5.92 Å². The van der Waals surface area contributed by atoms with Crippen LogP contribution in [0.2, 0.25) is 5.28 Å². The molecule has 0 spiro atoms. The third-order valence-electron chi connectivity index (χ3n) is 4.79. The smallest absolute Gasteiger partial charge is 0.225 e. The molecule has 1 saturated carbocycles. The molecule has 0 N–H and O–H groups in total. The van der Waals surface area contributed by atoms with Crippen LogP contribution < -0.4 is 4.90 Å². The van der Waals surface area contributed by atoms with Crippen LogP contribution >= 0.6 is 22.9 Å². The summed E-state index contributed by atoms with van der Waals surface area (Å²) in [6.07, 6.45) is 8.13. The van der Waals surface area contributed by atoms with E-state index in [1.165, 1.54) is 43.9 Å². The van der Waals surface area contributed by atoms with Gasteiger partial charge in [-0.2, -0.15) is 4.98 Å². The van der Waals surface area contributed by atoms with Crippen LogP contribution in [0.3, 0.4) is 0 Å². The quantitative estimate of drug-likeness (QED) is 0.765. The number of rotatable bonds is 2. The fourth-order valence-corrected chi connectivity index (χ4v) is 4.89. The van der Waals surface area contributed by atoms with Crippen LogP contribution in [0.1, 0.15) is 38.5 Å². The van der Waals surface area contributed by atoms with Crippen LogP contribution in [0.15, 0.2) is 11.4 Å². The molecule has 0 radical (unpaired) electrons. The van der Waals surface area contributed by atoms with Gasteiger partial charge >= 0.3 is 0 Å². The summed E-state index contributed by atoms with van der Waals surface area (Å²) in [7, 11) is 0. The molecule has 0 amide bonds. The molecule has 1 atom stereocenters. The number of hydrogen-bond donors (Lipinski definition) is 0. The average molecular weight is 308 g/mol. The second-order valence-electron chi connectivity index (χ2n) is 5.90. The van der Waals surface area contributed by atoms with Gasteiger partial charge in [-0.25, -0.2) is 4.98 Å². The van der Waals surface area contributed by atoms with E-state index in [9.17, 15) is 0 Å². The van der Waals surface area contributed by atoms with Gasteiger partial charge in [0.25, 0.3) is 0 Å². The summed E-state index contributed by atoms with van der Waals surface area (Å²) in [6, 6.07) is 2.79. The lowest BCUT2D eigenvalue weighted by atomic mass is 9.96. The maximum atomic E-state index is 6.12. The predicted molar refractivity (Wildman–Crippen MR) is 84.8 cm³/mol. The van der Waals surface area contributed by atoms with Crippen molar-refractivity contribution in [3.63, 3.8) is 0 Å². The molecule has 0 aromatic carbocycles. The minimum Gasteiger partial charge on any atom is -0.353 e. The van der Waals surface area contributed by atoms with E-state index in [1.807, 2.05) is 0 Å². The van der Waals surface area contributed by atoms with Crippen molar-refractivity contribution in [2.75, 3.05) is 11.4 Å². The second-order valence-corrected chi connectivity index (χ2v) is 7.14. The zero-order valence-corrected chi connectivity index (χ0v) is 13.0. The average Bonchev–Trinajstić information content (AvgIpc) is 3.17. The molecule has 106 valence electrons. The van der Waals surface area contributed by atoms with Crippen LogP contribution in [-0.2, 0) is 0 Å². The lowest BCUT2D eigenvalue weighted by molar-refractivity contribution is 0.429. The van der Waals surface area contributed by atoms with Gasteiger partial charge in [0, 0.05) is 12.6 Å². The molecule has 5 heteroatoms. The molecule has 4 rings (SSSR count). The van der Waals surface area contributed by atoms with Crippen LogP contribution in [0.4, 0.5) is 5.82 Å². The van der Waals surface area contributed by atoms with E-state index in [2.05, 4.69) is 26.3 Å². The summed E-state index contributed by atoms with van der Waals surface area (Å²) in [5.74, 6) is 1.91. The van der Waals surface area contributed by atoms with Gasteiger partial charge < -0.3 is 4.90 Å². The van der Waals surface area contributed by atoms with Crippen molar-refractivity contribution in [1.82, 2.24) is 9.97 Å². The number of nitrogens with zero attached hydrogens (tertiary/aromatic N) is 3. The molecule has 3 heterocycles. The molecular formula is C15H18ClN3S. The van der Waals surface area contributed by atoms with Gasteiger partial charge in [0.15, 0.2) is 0 Å². The molecule has 2 aliphatic rings. The first-order chi connectivity index (χ1) is 9.83. The minimum atomic E-state index is 0.382. The Kier molecular flexibility index (Phi) is 3.31. The third-order valence-corrected chi connectivity index (χ3v) is 5.77. The summed E-state index contributed by atoms with van der Waals surface area (Å²) < 4.78 is 0. The van der Waals surface area contributed by atoms with Crippen molar-refractivity contribution in [3.05, 3.63) is 16.7 Å². The summed E-state index contributed by atoms with van der Waals surface area (Å²) in [5, 5.41) is 3.64. The first-order valence-corrected chi connectivity index (χ1v) is 8.76. The summed E-state index contributed by atoms with van der Waals surface area (Å²) >= 11 is 7.77. The zero-order valence-electron chi connectivity index (χ0n) is 11.4. The fourth-order valence-electron chi connectivity index (χ4n) is 3.92. The van der Waals surface area contributed by atoms with Crippen molar-refractivity contribution in [2.45, 2.75) is 44.6 Å². The minimum absolute atomic E-state index is 0.382. The largest absolute Gasteiger partial charge is 0.353 e. The van der Waals surface area contributed by atoms with Crippen molar-refractivity contribution in [1.29, 1.82) is 0 Å². The third kappa shape index (κ3) is 2.09. The van der Waals surface area contributed by atoms with Gasteiger partial charge in [-0.15, -0.1) is 11.3 Å². The number of thiophene rings is 1. The lowest BCUT2D eigenvalue weighted by Gasteiger charge is -2.30. The van der Waals surface area contributed by atoms with Gasteiger partial charge in [0.1, 0.15) is 10.6 Å². The Morgan fingerprint density at radius 3 is 2.85 bits per heavy atom. The van der Waals surface area contributed by atoms with Crippen LogP contribution in [0.25, 0.3) is 10.2 Å². The first-order valence-electron chi connectivity index (χ1n) is 7.50. The monoisotopic (exact) mass is 307 g/mol. The van der Waals surface area contributed by atoms with Gasteiger partial charge in [-0.1, -0.05) is 12.8 Å². The van der Waals surface area contributed by atoms with E-state index in [-0.39, 0.29) is 0 Å². The van der Waals surface area contributed by atoms with Crippen molar-refractivity contribution < 1.29 is 0 Å². The fraction of sp³-hybridized carbons (Fsp3) is 0.600. The van der Waals surface area contributed by atoms with Gasteiger partial charge in [-0.05, 0) is 54.6 Å².